The van der Waals surface area contributed by atoms with E-state index in [1.165, 1.54) is 18.0 Å². The van der Waals surface area contributed by atoms with Gasteiger partial charge < -0.3 is 26.2 Å². The summed E-state index contributed by atoms with van der Waals surface area (Å²) in [6.07, 6.45) is 3.62. The zero-order chi connectivity index (χ0) is 24.9. The Kier molecular flexibility index (Phi) is 10.7. The van der Waals surface area contributed by atoms with Gasteiger partial charge in [-0.1, -0.05) is 17.7 Å². The lowest BCUT2D eigenvalue weighted by Gasteiger charge is -2.36. The van der Waals surface area contributed by atoms with Gasteiger partial charge in [0.1, 0.15) is 5.69 Å². The van der Waals surface area contributed by atoms with Crippen molar-refractivity contribution in [3.8, 4) is 0 Å². The highest BCUT2D eigenvalue weighted by molar-refractivity contribution is 6.30. The van der Waals surface area contributed by atoms with E-state index in [1.807, 2.05) is 18.2 Å². The summed E-state index contributed by atoms with van der Waals surface area (Å²) in [4.78, 5) is 43.2. The number of rotatable bonds is 9. The fraction of sp³-hybridized carbons (Fsp3) is 0.318. The summed E-state index contributed by atoms with van der Waals surface area (Å²) in [7, 11) is 0. The number of piperazine rings is 1. The van der Waals surface area contributed by atoms with Gasteiger partial charge in [-0.05, 0) is 37.2 Å². The predicted octanol–water partition coefficient (Wildman–Crippen LogP) is 1.56. The number of carbonyl (C=O) groups is 3. The summed E-state index contributed by atoms with van der Waals surface area (Å²) in [5, 5.41) is 19.5. The molecule has 5 N–H and O–H groups in total. The topological polar surface area (TPSA) is 162 Å². The minimum atomic E-state index is -1.26. The molecule has 0 bridgehead atoms. The van der Waals surface area contributed by atoms with Gasteiger partial charge in [-0.3, -0.25) is 9.69 Å². The number of carbonyl (C=O) groups excluding carboxylic acids is 1. The molecule has 3 rings (SSSR count). The van der Waals surface area contributed by atoms with Gasteiger partial charge in [0.2, 0.25) is 5.95 Å². The number of benzene rings is 1. The van der Waals surface area contributed by atoms with Crippen molar-refractivity contribution in [3.05, 3.63) is 59.4 Å². The molecule has 0 radical (unpaired) electrons. The molecule has 1 aromatic heterocycles. The molecule has 34 heavy (non-hydrogen) atoms. The van der Waals surface area contributed by atoms with Crippen LogP contribution in [-0.2, 0) is 9.59 Å². The lowest BCUT2D eigenvalue weighted by atomic mass is 10.2. The zero-order valence-electron chi connectivity index (χ0n) is 18.4. The first-order valence-electron chi connectivity index (χ1n) is 10.5. The van der Waals surface area contributed by atoms with Crippen LogP contribution in [-0.4, -0.2) is 82.2 Å². The third-order valence-corrected chi connectivity index (χ3v) is 4.99. The average molecular weight is 491 g/mol. The van der Waals surface area contributed by atoms with Crippen molar-refractivity contribution in [1.29, 1.82) is 0 Å². The van der Waals surface area contributed by atoms with E-state index >= 15 is 0 Å². The number of aliphatic carboxylic acids is 2. The number of anilines is 2. The third kappa shape index (κ3) is 9.84. The van der Waals surface area contributed by atoms with E-state index < -0.39 is 17.8 Å². The molecule has 0 aliphatic carbocycles. The van der Waals surface area contributed by atoms with Crippen molar-refractivity contribution >= 4 is 41.1 Å². The number of nitrogens with two attached hydrogens (primary N) is 1. The lowest BCUT2D eigenvalue weighted by molar-refractivity contribution is -0.134. The van der Waals surface area contributed by atoms with Gasteiger partial charge in [0.15, 0.2) is 0 Å². The average Bonchev–Trinajstić information content (AvgIpc) is 2.81. The fourth-order valence-corrected chi connectivity index (χ4v) is 3.31. The number of hydrogen-bond donors (Lipinski definition) is 4. The van der Waals surface area contributed by atoms with Crippen LogP contribution in [0.4, 0.5) is 11.6 Å². The second-order valence-electron chi connectivity index (χ2n) is 7.23. The Morgan fingerprint density at radius 2 is 1.76 bits per heavy atom. The van der Waals surface area contributed by atoms with Gasteiger partial charge in [-0.15, -0.1) is 0 Å². The van der Waals surface area contributed by atoms with Crippen LogP contribution in [0.15, 0.2) is 48.7 Å². The molecular weight excluding hydrogens is 464 g/mol. The standard InChI is InChI=1S/C18H23ClN6O.C4H4O4/c19-14-3-1-4-15(13-14)25-11-9-24(10-12-25)8-2-6-21-18-22-7-5-16(23-18)17(20)26;5-3(6)1-2-4(7)8/h1,3-5,7,13H,2,6,8-12H2,(H2,20,26)(H,21,22,23);1-2H,(H,5,6)(H,7,8)/b;2-1+. The van der Waals surface area contributed by atoms with Crippen molar-refractivity contribution in [2.45, 2.75) is 6.42 Å². The largest absolute Gasteiger partial charge is 0.478 e. The Morgan fingerprint density at radius 3 is 2.35 bits per heavy atom. The van der Waals surface area contributed by atoms with Crippen molar-refractivity contribution in [3.63, 3.8) is 0 Å². The highest BCUT2D eigenvalue weighted by Gasteiger charge is 2.17. The molecule has 11 nitrogen and oxygen atoms in total. The van der Waals surface area contributed by atoms with Crippen LogP contribution in [0.1, 0.15) is 16.9 Å². The maximum Gasteiger partial charge on any atom is 0.328 e. The Labute approximate surface area is 201 Å². The van der Waals surface area contributed by atoms with Gasteiger partial charge in [0, 0.05) is 61.8 Å². The fourth-order valence-electron chi connectivity index (χ4n) is 3.13. The monoisotopic (exact) mass is 490 g/mol. The molecule has 1 aliphatic rings. The van der Waals surface area contributed by atoms with E-state index in [1.54, 1.807) is 0 Å². The molecule has 1 saturated heterocycles. The van der Waals surface area contributed by atoms with E-state index in [0.717, 1.165) is 50.7 Å². The van der Waals surface area contributed by atoms with E-state index in [-0.39, 0.29) is 5.69 Å². The quantitative estimate of drug-likeness (QED) is 0.299. The maximum atomic E-state index is 11.1. The predicted molar refractivity (Wildman–Crippen MR) is 128 cm³/mol. The second kappa shape index (κ2) is 13.8. The Morgan fingerprint density at radius 1 is 1.09 bits per heavy atom. The number of carboxylic acids is 2. The molecule has 1 amide bonds. The number of primary amides is 1. The van der Waals surface area contributed by atoms with Crippen molar-refractivity contribution in [2.75, 3.05) is 49.5 Å². The molecule has 0 saturated carbocycles. The van der Waals surface area contributed by atoms with Gasteiger partial charge in [-0.25, -0.2) is 19.6 Å². The van der Waals surface area contributed by atoms with E-state index in [0.29, 0.717) is 18.1 Å². The number of carboxylic acid groups (broad SMARTS) is 2. The van der Waals surface area contributed by atoms with Crippen molar-refractivity contribution in [1.82, 2.24) is 14.9 Å². The molecule has 182 valence electrons. The van der Waals surface area contributed by atoms with Crippen LogP contribution >= 0.6 is 11.6 Å². The smallest absolute Gasteiger partial charge is 0.328 e. The third-order valence-electron chi connectivity index (χ3n) is 4.76. The molecule has 0 unspecified atom stereocenters. The van der Waals surface area contributed by atoms with E-state index in [4.69, 9.17) is 27.5 Å². The minimum Gasteiger partial charge on any atom is -0.478 e. The first-order valence-corrected chi connectivity index (χ1v) is 10.9. The molecule has 1 aliphatic heterocycles. The van der Waals surface area contributed by atoms with Gasteiger partial charge >= 0.3 is 11.9 Å². The zero-order valence-corrected chi connectivity index (χ0v) is 19.2. The van der Waals surface area contributed by atoms with Crippen LogP contribution < -0.4 is 16.0 Å². The summed E-state index contributed by atoms with van der Waals surface area (Å²) in [5.74, 6) is -2.63. The van der Waals surface area contributed by atoms with Crippen LogP contribution in [0.25, 0.3) is 0 Å². The molecule has 1 fully saturated rings. The summed E-state index contributed by atoms with van der Waals surface area (Å²) >= 11 is 6.07. The molecule has 0 spiro atoms. The normalized spacial score (nSPS) is 13.7. The van der Waals surface area contributed by atoms with Gasteiger partial charge in [-0.2, -0.15) is 0 Å². The second-order valence-corrected chi connectivity index (χ2v) is 7.66. The summed E-state index contributed by atoms with van der Waals surface area (Å²) in [6.45, 7) is 5.80. The van der Waals surface area contributed by atoms with Crippen molar-refractivity contribution < 1.29 is 24.6 Å². The number of aromatic nitrogens is 2. The molecular formula is C22H27ClN6O5. The highest BCUT2D eigenvalue weighted by Crippen LogP contribution is 2.20. The van der Waals surface area contributed by atoms with Crippen LogP contribution in [0.5, 0.6) is 0 Å². The Balaban J connectivity index is 0.000000440. The van der Waals surface area contributed by atoms with Gasteiger partial charge in [0.25, 0.3) is 5.91 Å². The van der Waals surface area contributed by atoms with Crippen LogP contribution in [0.2, 0.25) is 5.02 Å². The molecule has 0 atom stereocenters. The SMILES string of the molecule is NC(=O)c1ccnc(NCCCN2CCN(c3cccc(Cl)c3)CC2)n1.O=C(O)/C=C/C(=O)O. The summed E-state index contributed by atoms with van der Waals surface area (Å²) < 4.78 is 0. The summed E-state index contributed by atoms with van der Waals surface area (Å²) in [6, 6.07) is 9.52. The lowest BCUT2D eigenvalue weighted by Crippen LogP contribution is -2.46. The first-order chi connectivity index (χ1) is 16.2. The Hall–Kier alpha value is -3.70. The van der Waals surface area contributed by atoms with E-state index in [9.17, 15) is 14.4 Å². The molecule has 2 aromatic rings. The number of halogens is 1. The van der Waals surface area contributed by atoms with Crippen molar-refractivity contribution in [2.24, 2.45) is 5.73 Å². The van der Waals surface area contributed by atoms with Crippen LogP contribution in [0, 0.1) is 0 Å². The van der Waals surface area contributed by atoms with Crippen LogP contribution in [0.3, 0.4) is 0 Å². The molecule has 2 heterocycles. The summed E-state index contributed by atoms with van der Waals surface area (Å²) in [5.41, 5.74) is 6.63. The maximum absolute atomic E-state index is 11.1. The Bertz CT molecular complexity index is 995. The number of amides is 1. The number of hydrogen-bond acceptors (Lipinski definition) is 8. The first kappa shape index (κ1) is 26.6. The number of nitrogens with zero attached hydrogens (tertiary/aromatic N) is 4. The molecule has 12 heteroatoms. The minimum absolute atomic E-state index is 0.222. The molecule has 1 aromatic carbocycles. The highest BCUT2D eigenvalue weighted by atomic mass is 35.5. The number of nitrogens with one attached hydrogen (secondary N) is 1. The van der Waals surface area contributed by atoms with Gasteiger partial charge in [0.05, 0.1) is 0 Å². The van der Waals surface area contributed by atoms with E-state index in [2.05, 4.69) is 31.2 Å².